The molecule has 0 aliphatic heterocycles. The molecule has 3 aromatic rings. The van der Waals surface area contributed by atoms with Crippen molar-refractivity contribution in [2.24, 2.45) is 0 Å². The van der Waals surface area contributed by atoms with E-state index >= 15 is 0 Å². The summed E-state index contributed by atoms with van der Waals surface area (Å²) in [6.45, 7) is 0. The van der Waals surface area contributed by atoms with Gasteiger partial charge in [0.1, 0.15) is 0 Å². The number of rotatable bonds is 4. The molecule has 0 unspecified atom stereocenters. The summed E-state index contributed by atoms with van der Waals surface area (Å²) in [6.07, 6.45) is 1.45. The Balaban J connectivity index is 1.57. The Labute approximate surface area is 150 Å². The first-order chi connectivity index (χ1) is 12.1. The van der Waals surface area contributed by atoms with Crippen LogP contribution in [0.4, 0.5) is 22.7 Å². The normalized spacial score (nSPS) is 10.1. The zero-order valence-electron chi connectivity index (χ0n) is 13.2. The highest BCUT2D eigenvalue weighted by atomic mass is 32.1. The van der Waals surface area contributed by atoms with Crippen molar-refractivity contribution in [2.75, 3.05) is 21.7 Å². The van der Waals surface area contributed by atoms with Crippen molar-refractivity contribution in [3.05, 3.63) is 72.7 Å². The molecule has 1 amide bonds. The number of amides is 1. The highest BCUT2D eigenvalue weighted by Gasteiger charge is 2.08. The van der Waals surface area contributed by atoms with Crippen molar-refractivity contribution in [3.8, 4) is 0 Å². The number of nitrogens with one attached hydrogen (secondary N) is 3. The minimum absolute atomic E-state index is 0.259. The van der Waals surface area contributed by atoms with Gasteiger partial charge in [0.25, 0.3) is 5.91 Å². The van der Waals surface area contributed by atoms with Gasteiger partial charge in [0, 0.05) is 22.7 Å². The van der Waals surface area contributed by atoms with Crippen molar-refractivity contribution >= 4 is 46.0 Å². The number of thiocarbonyl (C=S) groups is 1. The third kappa shape index (κ3) is 4.58. The van der Waals surface area contributed by atoms with Crippen LogP contribution in [0.3, 0.4) is 0 Å². The van der Waals surface area contributed by atoms with E-state index in [-0.39, 0.29) is 11.7 Å². The molecule has 7 heteroatoms. The maximum absolute atomic E-state index is 11.9. The molecule has 6 nitrogen and oxygen atoms in total. The number of carbonyl (C=O) groups excluding carboxylic acids is 1. The second-order valence-corrected chi connectivity index (χ2v) is 5.62. The van der Waals surface area contributed by atoms with Crippen LogP contribution in [0.15, 0.2) is 71.3 Å². The summed E-state index contributed by atoms with van der Waals surface area (Å²) in [4.78, 5) is 11.9. The van der Waals surface area contributed by atoms with Crippen LogP contribution in [0.5, 0.6) is 0 Å². The van der Waals surface area contributed by atoms with E-state index in [1.54, 1.807) is 36.4 Å². The molecule has 0 spiro atoms. The third-order valence-corrected chi connectivity index (χ3v) is 3.49. The highest BCUT2D eigenvalue weighted by Crippen LogP contribution is 2.16. The molecule has 2 aromatic carbocycles. The molecular weight excluding hydrogens is 336 g/mol. The lowest BCUT2D eigenvalue weighted by Gasteiger charge is -2.11. The molecule has 0 saturated carbocycles. The van der Waals surface area contributed by atoms with Crippen molar-refractivity contribution in [3.63, 3.8) is 0 Å². The Morgan fingerprint density at radius 2 is 1.56 bits per heavy atom. The minimum Gasteiger partial charge on any atom is -0.459 e. The standard InChI is InChI=1S/C18H16N4O2S/c19-12-3-1-4-15(11-12)22-18(25)21-14-8-6-13(7-9-14)20-17(23)16-5-2-10-24-16/h1-11H,19H2,(H,20,23)(H2,21,22,25). The van der Waals surface area contributed by atoms with E-state index in [2.05, 4.69) is 16.0 Å². The number of benzene rings is 2. The topological polar surface area (TPSA) is 92.3 Å². The number of furan rings is 1. The van der Waals surface area contributed by atoms with E-state index in [0.29, 0.717) is 16.5 Å². The quantitative estimate of drug-likeness (QED) is 0.420. The summed E-state index contributed by atoms with van der Waals surface area (Å²) in [7, 11) is 0. The van der Waals surface area contributed by atoms with Crippen molar-refractivity contribution in [1.29, 1.82) is 0 Å². The summed E-state index contributed by atoms with van der Waals surface area (Å²) in [5.74, 6) is -0.0423. The third-order valence-electron chi connectivity index (χ3n) is 3.29. The molecule has 25 heavy (non-hydrogen) atoms. The molecule has 3 rings (SSSR count). The molecule has 0 saturated heterocycles. The van der Waals surface area contributed by atoms with E-state index in [1.807, 2.05) is 24.3 Å². The number of carbonyl (C=O) groups is 1. The fourth-order valence-corrected chi connectivity index (χ4v) is 2.38. The van der Waals surface area contributed by atoms with Gasteiger partial charge in [0.05, 0.1) is 6.26 Å². The van der Waals surface area contributed by atoms with Crippen LogP contribution in [0.2, 0.25) is 0 Å². The maximum Gasteiger partial charge on any atom is 0.291 e. The molecule has 0 aliphatic rings. The van der Waals surface area contributed by atoms with Crippen LogP contribution >= 0.6 is 12.2 Å². The van der Waals surface area contributed by atoms with Gasteiger partial charge in [-0.25, -0.2) is 0 Å². The van der Waals surface area contributed by atoms with E-state index in [9.17, 15) is 4.79 Å². The van der Waals surface area contributed by atoms with Crippen molar-refractivity contribution < 1.29 is 9.21 Å². The van der Waals surface area contributed by atoms with Crippen LogP contribution < -0.4 is 21.7 Å². The summed E-state index contributed by atoms with van der Waals surface area (Å²) in [6, 6.07) is 17.7. The molecule has 0 atom stereocenters. The average Bonchev–Trinajstić information content (AvgIpc) is 3.11. The van der Waals surface area contributed by atoms with Gasteiger partial charge in [0.2, 0.25) is 0 Å². The minimum atomic E-state index is -0.301. The van der Waals surface area contributed by atoms with Crippen molar-refractivity contribution in [1.82, 2.24) is 0 Å². The Morgan fingerprint density at radius 1 is 0.880 bits per heavy atom. The van der Waals surface area contributed by atoms with E-state index in [0.717, 1.165) is 11.4 Å². The molecule has 0 aliphatic carbocycles. The van der Waals surface area contributed by atoms with Crippen LogP contribution in [0, 0.1) is 0 Å². The Morgan fingerprint density at radius 3 is 2.20 bits per heavy atom. The number of anilines is 4. The summed E-state index contributed by atoms with van der Waals surface area (Å²) < 4.78 is 5.05. The Kier molecular flexibility index (Phi) is 4.96. The maximum atomic E-state index is 11.9. The van der Waals surface area contributed by atoms with Crippen molar-refractivity contribution in [2.45, 2.75) is 0 Å². The van der Waals surface area contributed by atoms with Crippen LogP contribution in [-0.4, -0.2) is 11.0 Å². The second-order valence-electron chi connectivity index (χ2n) is 5.21. The SMILES string of the molecule is Nc1cccc(NC(=S)Nc2ccc(NC(=O)c3ccco3)cc2)c1. The zero-order valence-corrected chi connectivity index (χ0v) is 14.0. The first-order valence-electron chi connectivity index (χ1n) is 7.48. The molecule has 0 fully saturated rings. The number of hydrogen-bond acceptors (Lipinski definition) is 4. The zero-order chi connectivity index (χ0) is 17.6. The fraction of sp³-hybridized carbons (Fsp3) is 0. The molecule has 0 radical (unpaired) electrons. The van der Waals surface area contributed by atoms with E-state index < -0.39 is 0 Å². The predicted octanol–water partition coefficient (Wildman–Crippen LogP) is 3.92. The fourth-order valence-electron chi connectivity index (χ4n) is 2.15. The lowest BCUT2D eigenvalue weighted by molar-refractivity contribution is 0.0996. The predicted molar refractivity (Wildman–Crippen MR) is 104 cm³/mol. The van der Waals surface area contributed by atoms with Gasteiger partial charge >= 0.3 is 0 Å². The van der Waals surface area contributed by atoms with Gasteiger partial charge in [-0.15, -0.1) is 0 Å². The van der Waals surface area contributed by atoms with Crippen LogP contribution in [-0.2, 0) is 0 Å². The first-order valence-corrected chi connectivity index (χ1v) is 7.89. The van der Waals surface area contributed by atoms with Gasteiger partial charge in [-0.1, -0.05) is 6.07 Å². The molecule has 126 valence electrons. The van der Waals surface area contributed by atoms with Gasteiger partial charge in [-0.05, 0) is 66.8 Å². The van der Waals surface area contributed by atoms with E-state index in [4.69, 9.17) is 22.4 Å². The smallest absolute Gasteiger partial charge is 0.291 e. The monoisotopic (exact) mass is 352 g/mol. The summed E-state index contributed by atoms with van der Waals surface area (Å²) in [5, 5.41) is 9.31. The van der Waals surface area contributed by atoms with Gasteiger partial charge in [0.15, 0.2) is 10.9 Å². The Bertz CT molecular complexity index is 876. The lowest BCUT2D eigenvalue weighted by atomic mass is 10.2. The van der Waals surface area contributed by atoms with Gasteiger partial charge in [-0.2, -0.15) is 0 Å². The van der Waals surface area contributed by atoms with Crippen LogP contribution in [0.25, 0.3) is 0 Å². The highest BCUT2D eigenvalue weighted by molar-refractivity contribution is 7.80. The van der Waals surface area contributed by atoms with Gasteiger partial charge in [-0.3, -0.25) is 4.79 Å². The first kappa shape index (κ1) is 16.5. The molecule has 5 N–H and O–H groups in total. The number of nitrogens with two attached hydrogens (primary N) is 1. The Hall–Kier alpha value is -3.32. The lowest BCUT2D eigenvalue weighted by Crippen LogP contribution is -2.19. The number of nitrogen functional groups attached to an aromatic ring is 1. The largest absolute Gasteiger partial charge is 0.459 e. The summed E-state index contributed by atoms with van der Waals surface area (Å²) >= 11 is 5.27. The summed E-state index contributed by atoms with van der Waals surface area (Å²) in [5.41, 5.74) is 8.64. The van der Waals surface area contributed by atoms with E-state index in [1.165, 1.54) is 6.26 Å². The second kappa shape index (κ2) is 7.50. The molecule has 1 aromatic heterocycles. The average molecular weight is 352 g/mol. The molecular formula is C18H16N4O2S. The van der Waals surface area contributed by atoms with Gasteiger partial charge < -0.3 is 26.1 Å². The molecule has 1 heterocycles. The molecule has 0 bridgehead atoms. The number of hydrogen-bond donors (Lipinski definition) is 4. The van der Waals surface area contributed by atoms with Crippen LogP contribution in [0.1, 0.15) is 10.6 Å².